The third kappa shape index (κ3) is 6.37. The summed E-state index contributed by atoms with van der Waals surface area (Å²) in [6.45, 7) is 0. The van der Waals surface area contributed by atoms with Gasteiger partial charge in [-0.15, -0.1) is 11.3 Å². The Labute approximate surface area is 395 Å². The van der Waals surface area contributed by atoms with Gasteiger partial charge in [0, 0.05) is 31.5 Å². The van der Waals surface area contributed by atoms with E-state index in [1.165, 1.54) is 97.7 Å². The van der Waals surface area contributed by atoms with Gasteiger partial charge in [-0.3, -0.25) is 0 Å². The van der Waals surface area contributed by atoms with E-state index in [0.29, 0.717) is 0 Å². The molecule has 314 valence electrons. The first-order valence-electron chi connectivity index (χ1n) is 23.1. The highest BCUT2D eigenvalue weighted by Crippen LogP contribution is 2.57. The van der Waals surface area contributed by atoms with Gasteiger partial charge in [0.1, 0.15) is 0 Å². The molecule has 2 heteroatoms. The molecule has 0 atom stereocenters. The Morgan fingerprint density at radius 1 is 0.313 bits per heavy atom. The van der Waals surface area contributed by atoms with Crippen molar-refractivity contribution >= 4 is 59.3 Å². The van der Waals surface area contributed by atoms with Crippen molar-refractivity contribution in [3.63, 3.8) is 0 Å². The second-order valence-corrected chi connectivity index (χ2v) is 18.7. The molecule has 0 aliphatic heterocycles. The van der Waals surface area contributed by atoms with Crippen LogP contribution in [0.15, 0.2) is 261 Å². The van der Waals surface area contributed by atoms with E-state index in [9.17, 15) is 0 Å². The molecule has 1 heterocycles. The molecule has 12 aromatic rings. The van der Waals surface area contributed by atoms with Gasteiger partial charge in [-0.25, -0.2) is 0 Å². The first-order valence-corrected chi connectivity index (χ1v) is 23.9. The van der Waals surface area contributed by atoms with Crippen molar-refractivity contribution in [2.45, 2.75) is 5.41 Å². The van der Waals surface area contributed by atoms with Crippen LogP contribution in [0.25, 0.3) is 75.5 Å². The molecule has 67 heavy (non-hydrogen) atoms. The normalized spacial score (nSPS) is 12.6. The first-order chi connectivity index (χ1) is 33.2. The molecule has 1 nitrogen and oxygen atoms in total. The monoisotopic (exact) mass is 869 g/mol. The Morgan fingerprint density at radius 3 is 1.70 bits per heavy atom. The van der Waals surface area contributed by atoms with Crippen molar-refractivity contribution in [3.05, 3.63) is 283 Å². The summed E-state index contributed by atoms with van der Waals surface area (Å²) in [7, 11) is 0. The molecule has 0 unspecified atom stereocenters. The standard InChI is InChI=1S/C65H43NS/c1-3-22-50(23-4-1)65(51-24-5-2-6-25-51)59-31-11-9-28-56(59)57-40-37-48(43-60(57)65)44-35-38-52(39-36-44)66(61-32-16-34-63-64(61)58-29-10-12-33-62(58)67-63)53-26-14-20-47(42-53)46-19-13-21-49(41-46)55-30-15-18-45-17-7-8-27-54(45)55/h1-43H. The van der Waals surface area contributed by atoms with Crippen LogP contribution >= 0.6 is 11.3 Å². The van der Waals surface area contributed by atoms with Gasteiger partial charge < -0.3 is 4.90 Å². The van der Waals surface area contributed by atoms with E-state index in [2.05, 4.69) is 266 Å². The van der Waals surface area contributed by atoms with Gasteiger partial charge >= 0.3 is 0 Å². The minimum Gasteiger partial charge on any atom is -0.310 e. The molecule has 1 aromatic heterocycles. The Bertz CT molecular complexity index is 3760. The summed E-state index contributed by atoms with van der Waals surface area (Å²) >= 11 is 1.86. The molecule has 0 saturated heterocycles. The maximum absolute atomic E-state index is 2.46. The van der Waals surface area contributed by atoms with Crippen LogP contribution in [0.3, 0.4) is 0 Å². The van der Waals surface area contributed by atoms with Gasteiger partial charge in [-0.1, -0.05) is 206 Å². The SMILES string of the molecule is c1ccc(C2(c3ccccc3)c3ccccc3-c3ccc(-c4ccc(N(c5cccc(-c6cccc(-c7cccc8ccccc78)c6)c5)c5cccc6sc7ccccc7c56)cc4)cc32)cc1. The number of anilines is 3. The lowest BCUT2D eigenvalue weighted by Gasteiger charge is -2.34. The van der Waals surface area contributed by atoms with Crippen LogP contribution in [-0.4, -0.2) is 0 Å². The Morgan fingerprint density at radius 2 is 0.881 bits per heavy atom. The topological polar surface area (TPSA) is 3.24 Å². The molecule has 0 spiro atoms. The first kappa shape index (κ1) is 39.1. The number of benzene rings is 11. The van der Waals surface area contributed by atoms with Gasteiger partial charge in [-0.2, -0.15) is 0 Å². The maximum Gasteiger partial charge on any atom is 0.0713 e. The van der Waals surface area contributed by atoms with Crippen molar-refractivity contribution < 1.29 is 0 Å². The Balaban J connectivity index is 0.949. The summed E-state index contributed by atoms with van der Waals surface area (Å²) in [5.74, 6) is 0. The summed E-state index contributed by atoms with van der Waals surface area (Å²) in [5, 5.41) is 5.06. The van der Waals surface area contributed by atoms with Crippen LogP contribution in [0.5, 0.6) is 0 Å². The largest absolute Gasteiger partial charge is 0.310 e. The van der Waals surface area contributed by atoms with E-state index in [0.717, 1.165) is 17.1 Å². The smallest absolute Gasteiger partial charge is 0.0713 e. The van der Waals surface area contributed by atoms with Crippen LogP contribution in [0.4, 0.5) is 17.1 Å². The van der Waals surface area contributed by atoms with Crippen molar-refractivity contribution in [2.75, 3.05) is 4.90 Å². The Kier molecular flexibility index (Phi) is 9.33. The molecule has 0 fully saturated rings. The molecule has 1 aliphatic rings. The van der Waals surface area contributed by atoms with Crippen molar-refractivity contribution in [2.24, 2.45) is 0 Å². The highest BCUT2D eigenvalue weighted by Gasteiger charge is 2.46. The predicted octanol–water partition coefficient (Wildman–Crippen LogP) is 18.0. The van der Waals surface area contributed by atoms with E-state index in [-0.39, 0.29) is 0 Å². The highest BCUT2D eigenvalue weighted by atomic mass is 32.1. The fourth-order valence-electron chi connectivity index (χ4n) is 11.0. The van der Waals surface area contributed by atoms with Crippen LogP contribution in [0.2, 0.25) is 0 Å². The molecular weight excluding hydrogens is 827 g/mol. The number of hydrogen-bond acceptors (Lipinski definition) is 2. The predicted molar refractivity (Wildman–Crippen MR) is 285 cm³/mol. The number of rotatable bonds is 8. The molecule has 0 saturated carbocycles. The number of fused-ring (bicyclic) bond motifs is 7. The number of hydrogen-bond donors (Lipinski definition) is 0. The van der Waals surface area contributed by atoms with Crippen LogP contribution in [0.1, 0.15) is 22.3 Å². The van der Waals surface area contributed by atoms with Gasteiger partial charge in [0.05, 0.1) is 11.1 Å². The average molecular weight is 870 g/mol. The second kappa shape index (κ2) is 16.0. The molecule has 0 amide bonds. The van der Waals surface area contributed by atoms with Gasteiger partial charge in [0.25, 0.3) is 0 Å². The summed E-state index contributed by atoms with van der Waals surface area (Å²) < 4.78 is 2.57. The lowest BCUT2D eigenvalue weighted by molar-refractivity contribution is 0.769. The maximum atomic E-state index is 2.46. The molecule has 0 bridgehead atoms. The minimum absolute atomic E-state index is 0.456. The molecule has 11 aromatic carbocycles. The molecular formula is C65H43NS. The van der Waals surface area contributed by atoms with Crippen molar-refractivity contribution in [1.29, 1.82) is 0 Å². The summed E-state index contributed by atoms with van der Waals surface area (Å²) in [6.07, 6.45) is 0. The van der Waals surface area contributed by atoms with E-state index in [1.54, 1.807) is 0 Å². The van der Waals surface area contributed by atoms with E-state index < -0.39 is 5.41 Å². The summed E-state index contributed by atoms with van der Waals surface area (Å²) in [4.78, 5) is 2.46. The lowest BCUT2D eigenvalue weighted by Crippen LogP contribution is -2.28. The summed E-state index contributed by atoms with van der Waals surface area (Å²) in [5.41, 5.74) is 17.8. The van der Waals surface area contributed by atoms with Crippen molar-refractivity contribution in [3.8, 4) is 44.5 Å². The summed E-state index contributed by atoms with van der Waals surface area (Å²) in [6, 6.07) is 96.3. The third-order valence-corrected chi connectivity index (χ3v) is 15.1. The minimum atomic E-state index is -0.456. The van der Waals surface area contributed by atoms with Crippen LogP contribution in [0, 0.1) is 0 Å². The third-order valence-electron chi connectivity index (χ3n) is 13.9. The fraction of sp³-hybridized carbons (Fsp3) is 0.0154. The zero-order valence-electron chi connectivity index (χ0n) is 36.7. The van der Waals surface area contributed by atoms with Crippen molar-refractivity contribution in [1.82, 2.24) is 0 Å². The van der Waals surface area contributed by atoms with Crippen LogP contribution in [-0.2, 0) is 5.41 Å². The zero-order valence-corrected chi connectivity index (χ0v) is 37.5. The van der Waals surface area contributed by atoms with Crippen LogP contribution < -0.4 is 4.90 Å². The molecule has 0 radical (unpaired) electrons. The van der Waals surface area contributed by atoms with Gasteiger partial charge in [0.15, 0.2) is 0 Å². The number of thiophene rings is 1. The quantitative estimate of drug-likeness (QED) is 0.147. The van der Waals surface area contributed by atoms with Gasteiger partial charge in [-0.05, 0) is 132 Å². The highest BCUT2D eigenvalue weighted by molar-refractivity contribution is 7.26. The molecule has 0 N–H and O–H groups in total. The van der Waals surface area contributed by atoms with E-state index in [4.69, 9.17) is 0 Å². The zero-order chi connectivity index (χ0) is 44.3. The fourth-order valence-corrected chi connectivity index (χ4v) is 12.1. The van der Waals surface area contributed by atoms with Gasteiger partial charge in [0.2, 0.25) is 0 Å². The lowest BCUT2D eigenvalue weighted by atomic mass is 9.67. The average Bonchev–Trinajstić information content (AvgIpc) is 3.94. The molecule has 1 aliphatic carbocycles. The van der Waals surface area contributed by atoms with E-state index in [1.807, 2.05) is 11.3 Å². The molecule has 13 rings (SSSR count). The Hall–Kier alpha value is -8.30. The second-order valence-electron chi connectivity index (χ2n) is 17.6. The van der Waals surface area contributed by atoms with E-state index >= 15 is 0 Å². The number of nitrogens with zero attached hydrogens (tertiary/aromatic N) is 1.